The molecular formula is C16H18O2S. The van der Waals surface area contributed by atoms with Gasteiger partial charge in [-0.05, 0) is 48.4 Å². The lowest BCUT2D eigenvalue weighted by atomic mass is 9.94. The normalized spacial score (nSPS) is 16.7. The van der Waals surface area contributed by atoms with Gasteiger partial charge in [0.05, 0.1) is 12.2 Å². The average Bonchev–Trinajstić information content (AvgIpc) is 3.07. The van der Waals surface area contributed by atoms with Gasteiger partial charge in [-0.15, -0.1) is 11.3 Å². The monoisotopic (exact) mass is 274 g/mol. The fourth-order valence-electron chi connectivity index (χ4n) is 2.49. The first-order chi connectivity index (χ1) is 9.15. The quantitative estimate of drug-likeness (QED) is 0.924. The lowest BCUT2D eigenvalue weighted by Crippen LogP contribution is -2.20. The molecule has 1 aliphatic heterocycles. The molecule has 1 N–H and O–H groups in total. The minimum Gasteiger partial charge on any atom is -0.493 e. The summed E-state index contributed by atoms with van der Waals surface area (Å²) < 4.78 is 5.51. The molecule has 2 nitrogen and oxygen atoms in total. The highest BCUT2D eigenvalue weighted by molar-refractivity contribution is 7.10. The van der Waals surface area contributed by atoms with E-state index in [1.165, 1.54) is 11.1 Å². The molecule has 0 saturated heterocycles. The summed E-state index contributed by atoms with van der Waals surface area (Å²) in [6.45, 7) is 2.70. The Bertz CT molecular complexity index is 558. The Morgan fingerprint density at radius 1 is 1.37 bits per heavy atom. The molecule has 2 heterocycles. The van der Waals surface area contributed by atoms with Gasteiger partial charge in [0.15, 0.2) is 0 Å². The summed E-state index contributed by atoms with van der Waals surface area (Å²) in [6, 6.07) is 10.4. The number of hydrogen-bond acceptors (Lipinski definition) is 3. The van der Waals surface area contributed by atoms with Gasteiger partial charge >= 0.3 is 0 Å². The van der Waals surface area contributed by atoms with Crippen LogP contribution in [0.15, 0.2) is 35.7 Å². The summed E-state index contributed by atoms with van der Waals surface area (Å²) in [5.41, 5.74) is 1.85. The van der Waals surface area contributed by atoms with Gasteiger partial charge in [-0.2, -0.15) is 0 Å². The zero-order valence-corrected chi connectivity index (χ0v) is 11.9. The predicted molar refractivity (Wildman–Crippen MR) is 77.9 cm³/mol. The van der Waals surface area contributed by atoms with E-state index in [1.54, 1.807) is 11.3 Å². The predicted octanol–water partition coefficient (Wildman–Crippen LogP) is 3.52. The Balaban J connectivity index is 1.69. The SMILES string of the molecule is CC(O)(CCc1ccc2c(c1)CCO2)c1cccs1. The highest BCUT2D eigenvalue weighted by Crippen LogP contribution is 2.31. The van der Waals surface area contributed by atoms with E-state index in [4.69, 9.17) is 4.74 Å². The Morgan fingerprint density at radius 2 is 2.26 bits per heavy atom. The maximum Gasteiger partial charge on any atom is 0.122 e. The number of aryl methyl sites for hydroxylation is 1. The molecule has 0 amide bonds. The molecule has 3 rings (SSSR count). The molecule has 2 aromatic rings. The molecule has 0 saturated carbocycles. The number of thiophene rings is 1. The summed E-state index contributed by atoms with van der Waals surface area (Å²) >= 11 is 1.62. The first-order valence-electron chi connectivity index (χ1n) is 6.66. The maximum absolute atomic E-state index is 10.5. The van der Waals surface area contributed by atoms with Gasteiger partial charge in [0.2, 0.25) is 0 Å². The van der Waals surface area contributed by atoms with Crippen LogP contribution >= 0.6 is 11.3 Å². The van der Waals surface area contributed by atoms with Crippen LogP contribution in [-0.4, -0.2) is 11.7 Å². The van der Waals surface area contributed by atoms with Crippen molar-refractivity contribution in [3.05, 3.63) is 51.7 Å². The van der Waals surface area contributed by atoms with E-state index < -0.39 is 5.60 Å². The second kappa shape index (κ2) is 4.99. The van der Waals surface area contributed by atoms with Crippen molar-refractivity contribution in [1.29, 1.82) is 0 Å². The molecule has 1 unspecified atom stereocenters. The van der Waals surface area contributed by atoms with E-state index in [9.17, 15) is 5.11 Å². The zero-order valence-electron chi connectivity index (χ0n) is 11.1. The molecule has 0 aliphatic carbocycles. The van der Waals surface area contributed by atoms with Crippen molar-refractivity contribution < 1.29 is 9.84 Å². The van der Waals surface area contributed by atoms with Crippen LogP contribution in [0.4, 0.5) is 0 Å². The maximum atomic E-state index is 10.5. The van der Waals surface area contributed by atoms with Crippen molar-refractivity contribution in [1.82, 2.24) is 0 Å². The van der Waals surface area contributed by atoms with Crippen LogP contribution in [0, 0.1) is 0 Å². The van der Waals surface area contributed by atoms with Crippen molar-refractivity contribution in [2.75, 3.05) is 6.61 Å². The minimum absolute atomic E-state index is 0.732. The fraction of sp³-hybridized carbons (Fsp3) is 0.375. The number of aliphatic hydroxyl groups is 1. The third-order valence-corrected chi connectivity index (χ3v) is 4.83. The van der Waals surface area contributed by atoms with Crippen LogP contribution in [0.25, 0.3) is 0 Å². The van der Waals surface area contributed by atoms with E-state index in [0.29, 0.717) is 0 Å². The first-order valence-corrected chi connectivity index (χ1v) is 7.54. The van der Waals surface area contributed by atoms with Crippen molar-refractivity contribution in [2.45, 2.75) is 31.8 Å². The molecule has 0 fully saturated rings. The second-order valence-corrected chi connectivity index (χ2v) is 6.24. The molecule has 0 spiro atoms. The topological polar surface area (TPSA) is 29.5 Å². The van der Waals surface area contributed by atoms with E-state index in [-0.39, 0.29) is 0 Å². The number of benzene rings is 1. The molecule has 0 radical (unpaired) electrons. The summed E-state index contributed by atoms with van der Waals surface area (Å²) in [5.74, 6) is 1.02. The number of rotatable bonds is 4. The van der Waals surface area contributed by atoms with Crippen molar-refractivity contribution in [3.63, 3.8) is 0 Å². The third kappa shape index (κ3) is 2.67. The van der Waals surface area contributed by atoms with Crippen LogP contribution in [0.3, 0.4) is 0 Å². The molecule has 1 aliphatic rings. The van der Waals surface area contributed by atoms with E-state index in [0.717, 1.165) is 36.5 Å². The van der Waals surface area contributed by atoms with E-state index in [2.05, 4.69) is 18.2 Å². The van der Waals surface area contributed by atoms with Gasteiger partial charge in [0.1, 0.15) is 5.75 Å². The highest BCUT2D eigenvalue weighted by Gasteiger charge is 2.24. The summed E-state index contributed by atoms with van der Waals surface area (Å²) in [7, 11) is 0. The van der Waals surface area contributed by atoms with Crippen molar-refractivity contribution in [3.8, 4) is 5.75 Å². The molecular weight excluding hydrogens is 256 g/mol. The lowest BCUT2D eigenvalue weighted by Gasteiger charge is -2.21. The number of hydrogen-bond donors (Lipinski definition) is 1. The van der Waals surface area contributed by atoms with Crippen LogP contribution in [0.2, 0.25) is 0 Å². The summed E-state index contributed by atoms with van der Waals surface area (Å²) in [6.07, 6.45) is 2.63. The molecule has 3 heteroatoms. The second-order valence-electron chi connectivity index (χ2n) is 5.29. The molecule has 19 heavy (non-hydrogen) atoms. The molecule has 1 aromatic carbocycles. The Kier molecular flexibility index (Phi) is 3.33. The van der Waals surface area contributed by atoms with Crippen LogP contribution in [0.1, 0.15) is 29.3 Å². The Hall–Kier alpha value is -1.32. The summed E-state index contributed by atoms with van der Waals surface area (Å²) in [5, 5.41) is 12.5. The Morgan fingerprint density at radius 3 is 3.05 bits per heavy atom. The van der Waals surface area contributed by atoms with Gasteiger partial charge in [-0.1, -0.05) is 18.2 Å². The first kappa shape index (κ1) is 12.7. The van der Waals surface area contributed by atoms with Crippen molar-refractivity contribution in [2.24, 2.45) is 0 Å². The fourth-order valence-corrected chi connectivity index (χ4v) is 3.31. The number of fused-ring (bicyclic) bond motifs is 1. The van der Waals surface area contributed by atoms with Gasteiger partial charge in [0, 0.05) is 11.3 Å². The average molecular weight is 274 g/mol. The van der Waals surface area contributed by atoms with Gasteiger partial charge in [0.25, 0.3) is 0 Å². The largest absolute Gasteiger partial charge is 0.493 e. The molecule has 0 bridgehead atoms. The Labute approximate surface area is 117 Å². The lowest BCUT2D eigenvalue weighted by molar-refractivity contribution is 0.0518. The standard InChI is InChI=1S/C16H18O2S/c1-16(17,15-3-2-10-19-15)8-6-12-4-5-14-13(11-12)7-9-18-14/h2-5,10-11,17H,6-9H2,1H3. The van der Waals surface area contributed by atoms with Crippen LogP contribution < -0.4 is 4.74 Å². The van der Waals surface area contributed by atoms with Gasteiger partial charge in [-0.3, -0.25) is 0 Å². The highest BCUT2D eigenvalue weighted by atomic mass is 32.1. The van der Waals surface area contributed by atoms with E-state index >= 15 is 0 Å². The van der Waals surface area contributed by atoms with Crippen LogP contribution in [-0.2, 0) is 18.4 Å². The van der Waals surface area contributed by atoms with Gasteiger partial charge in [-0.25, -0.2) is 0 Å². The third-order valence-electron chi connectivity index (χ3n) is 3.71. The number of ether oxygens (including phenoxy) is 1. The van der Waals surface area contributed by atoms with E-state index in [1.807, 2.05) is 24.4 Å². The van der Waals surface area contributed by atoms with Crippen LogP contribution in [0.5, 0.6) is 5.75 Å². The molecule has 1 aromatic heterocycles. The van der Waals surface area contributed by atoms with Gasteiger partial charge < -0.3 is 9.84 Å². The smallest absolute Gasteiger partial charge is 0.122 e. The minimum atomic E-state index is -0.732. The molecule has 1 atom stereocenters. The molecule has 100 valence electrons. The summed E-state index contributed by atoms with van der Waals surface area (Å²) in [4.78, 5) is 1.04. The van der Waals surface area contributed by atoms with Crippen molar-refractivity contribution >= 4 is 11.3 Å². The zero-order chi connectivity index (χ0) is 13.3.